The first kappa shape index (κ1) is 15.1. The number of benzene rings is 1. The lowest BCUT2D eigenvalue weighted by atomic mass is 10.1. The van der Waals surface area contributed by atoms with Gasteiger partial charge in [-0.15, -0.1) is 0 Å². The Morgan fingerprint density at radius 2 is 1.95 bits per heavy atom. The van der Waals surface area contributed by atoms with Crippen LogP contribution in [-0.4, -0.2) is 59.6 Å². The number of carbonyl (C=O) groups excluding carboxylic acids is 2. The van der Waals surface area contributed by atoms with Crippen LogP contribution in [0.3, 0.4) is 0 Å². The number of nitro groups is 1. The topological polar surface area (TPSA) is 83.8 Å². The summed E-state index contributed by atoms with van der Waals surface area (Å²) in [5.41, 5.74) is 0.378. The van der Waals surface area contributed by atoms with Crippen molar-refractivity contribution in [2.75, 3.05) is 33.2 Å². The highest BCUT2D eigenvalue weighted by Gasteiger charge is 2.21. The fourth-order valence-electron chi connectivity index (χ4n) is 2.25. The third kappa shape index (κ3) is 3.85. The van der Waals surface area contributed by atoms with Crippen LogP contribution >= 0.6 is 0 Å². The van der Waals surface area contributed by atoms with Crippen LogP contribution in [0.5, 0.6) is 0 Å². The molecule has 0 bridgehead atoms. The van der Waals surface area contributed by atoms with Crippen LogP contribution in [0, 0.1) is 10.1 Å². The Bertz CT molecular complexity index is 556. The van der Waals surface area contributed by atoms with E-state index in [0.29, 0.717) is 18.7 Å². The number of carbonyl (C=O) groups is 2. The number of hydrogen-bond donors (Lipinski definition) is 0. The van der Waals surface area contributed by atoms with E-state index < -0.39 is 4.92 Å². The summed E-state index contributed by atoms with van der Waals surface area (Å²) in [7, 11) is 1.75. The molecule has 1 aliphatic rings. The smallest absolute Gasteiger partial charge is 0.269 e. The first-order chi connectivity index (χ1) is 9.97. The van der Waals surface area contributed by atoms with E-state index in [1.807, 2.05) is 4.90 Å². The molecule has 112 valence electrons. The number of nitrogens with zero attached hydrogens (tertiary/aromatic N) is 3. The molecule has 0 unspecified atom stereocenters. The molecule has 21 heavy (non-hydrogen) atoms. The summed E-state index contributed by atoms with van der Waals surface area (Å²) in [4.78, 5) is 37.5. The lowest BCUT2D eigenvalue weighted by Gasteiger charge is -2.18. The molecule has 1 aromatic carbocycles. The lowest BCUT2D eigenvalue weighted by molar-refractivity contribution is -0.384. The van der Waals surface area contributed by atoms with E-state index in [-0.39, 0.29) is 30.5 Å². The van der Waals surface area contributed by atoms with E-state index in [9.17, 15) is 19.7 Å². The number of likely N-dealkylation sites (N-methyl/N-ethyl adjacent to an activating group) is 1. The Kier molecular flexibility index (Phi) is 4.64. The third-order valence-corrected chi connectivity index (χ3v) is 3.52. The van der Waals surface area contributed by atoms with Crippen LogP contribution in [0.1, 0.15) is 16.8 Å². The zero-order valence-electron chi connectivity index (χ0n) is 11.8. The number of ketones is 1. The number of amides is 1. The molecule has 1 amide bonds. The highest BCUT2D eigenvalue weighted by molar-refractivity contribution is 5.98. The van der Waals surface area contributed by atoms with Crippen molar-refractivity contribution in [2.45, 2.75) is 6.42 Å². The normalized spacial score (nSPS) is 16.6. The predicted octanol–water partition coefficient (Wildman–Crippen LogP) is 0.942. The Labute approximate surface area is 122 Å². The molecule has 7 heteroatoms. The lowest BCUT2D eigenvalue weighted by Crippen LogP contribution is -2.37. The number of Topliss-reactive ketones (excluding diaryl/α,β-unsaturated/α-hetero) is 1. The minimum absolute atomic E-state index is 0.00370. The van der Waals surface area contributed by atoms with E-state index in [1.54, 1.807) is 11.9 Å². The number of hydrogen-bond acceptors (Lipinski definition) is 5. The van der Waals surface area contributed by atoms with Gasteiger partial charge in [0.2, 0.25) is 5.91 Å². The van der Waals surface area contributed by atoms with Gasteiger partial charge in [-0.3, -0.25) is 24.6 Å². The SMILES string of the molecule is CN1CCCN(CC(=O)c2ccc([N+](=O)[O-])cc2)CC1=O. The van der Waals surface area contributed by atoms with Crippen molar-refractivity contribution in [3.05, 3.63) is 39.9 Å². The molecule has 1 heterocycles. The molecule has 0 N–H and O–H groups in total. The predicted molar refractivity (Wildman–Crippen MR) is 76.1 cm³/mol. The summed E-state index contributed by atoms with van der Waals surface area (Å²) in [6, 6.07) is 5.53. The minimum Gasteiger partial charge on any atom is -0.345 e. The molecule has 1 fully saturated rings. The highest BCUT2D eigenvalue weighted by atomic mass is 16.6. The van der Waals surface area contributed by atoms with Crippen molar-refractivity contribution in [1.29, 1.82) is 0 Å². The maximum absolute atomic E-state index is 12.2. The fourth-order valence-corrected chi connectivity index (χ4v) is 2.25. The van der Waals surface area contributed by atoms with Crippen molar-refractivity contribution in [1.82, 2.24) is 9.80 Å². The summed E-state index contributed by atoms with van der Waals surface area (Å²) in [6.45, 7) is 1.77. The molecule has 1 saturated heterocycles. The average Bonchev–Trinajstić information content (AvgIpc) is 2.61. The number of non-ortho nitro benzene ring substituents is 1. The quantitative estimate of drug-likeness (QED) is 0.468. The molecule has 1 aromatic rings. The van der Waals surface area contributed by atoms with Crippen molar-refractivity contribution in [2.24, 2.45) is 0 Å². The minimum atomic E-state index is -0.502. The van der Waals surface area contributed by atoms with E-state index in [0.717, 1.165) is 6.42 Å². The van der Waals surface area contributed by atoms with Crippen molar-refractivity contribution >= 4 is 17.4 Å². The van der Waals surface area contributed by atoms with Gasteiger partial charge >= 0.3 is 0 Å². The second kappa shape index (κ2) is 6.45. The van der Waals surface area contributed by atoms with E-state index in [4.69, 9.17) is 0 Å². The molecule has 2 rings (SSSR count). The molecule has 7 nitrogen and oxygen atoms in total. The third-order valence-electron chi connectivity index (χ3n) is 3.52. The van der Waals surface area contributed by atoms with Gasteiger partial charge in [0.1, 0.15) is 0 Å². The first-order valence-electron chi connectivity index (χ1n) is 6.71. The van der Waals surface area contributed by atoms with Gasteiger partial charge in [-0.25, -0.2) is 0 Å². The summed E-state index contributed by atoms with van der Waals surface area (Å²) in [5.74, 6) is -0.133. The zero-order valence-corrected chi connectivity index (χ0v) is 11.8. The van der Waals surface area contributed by atoms with Gasteiger partial charge in [0.25, 0.3) is 5.69 Å². The molecule has 0 aliphatic carbocycles. The molecular formula is C14H17N3O4. The maximum Gasteiger partial charge on any atom is 0.269 e. The molecule has 0 atom stereocenters. The van der Waals surface area contributed by atoms with E-state index in [1.165, 1.54) is 24.3 Å². The Morgan fingerprint density at radius 3 is 2.57 bits per heavy atom. The van der Waals surface area contributed by atoms with Crippen molar-refractivity contribution in [3.8, 4) is 0 Å². The van der Waals surface area contributed by atoms with E-state index >= 15 is 0 Å². The molecule has 0 spiro atoms. The van der Waals surface area contributed by atoms with Crippen molar-refractivity contribution in [3.63, 3.8) is 0 Å². The monoisotopic (exact) mass is 291 g/mol. The summed E-state index contributed by atoms with van der Waals surface area (Å²) >= 11 is 0. The van der Waals surface area contributed by atoms with Gasteiger partial charge in [-0.1, -0.05) is 0 Å². The molecular weight excluding hydrogens is 274 g/mol. The van der Waals surface area contributed by atoms with Gasteiger partial charge in [0.05, 0.1) is 18.0 Å². The highest BCUT2D eigenvalue weighted by Crippen LogP contribution is 2.13. The van der Waals surface area contributed by atoms with Gasteiger partial charge in [-0.05, 0) is 18.6 Å². The zero-order chi connectivity index (χ0) is 15.4. The molecule has 0 radical (unpaired) electrons. The van der Waals surface area contributed by atoms with Crippen LogP contribution < -0.4 is 0 Å². The van der Waals surface area contributed by atoms with Gasteiger partial charge in [-0.2, -0.15) is 0 Å². The summed E-state index contributed by atoms with van der Waals surface area (Å²) in [5, 5.41) is 10.6. The van der Waals surface area contributed by atoms with Gasteiger partial charge in [0.15, 0.2) is 5.78 Å². The van der Waals surface area contributed by atoms with E-state index in [2.05, 4.69) is 0 Å². The molecule has 1 aliphatic heterocycles. The second-order valence-electron chi connectivity index (χ2n) is 5.11. The molecule has 0 aromatic heterocycles. The van der Waals surface area contributed by atoms with Crippen LogP contribution in [0.2, 0.25) is 0 Å². The first-order valence-corrected chi connectivity index (χ1v) is 6.71. The standard InChI is InChI=1S/C14H17N3O4/c1-15-7-2-8-16(10-14(15)19)9-13(18)11-3-5-12(6-4-11)17(20)21/h3-6H,2,7-10H2,1H3. The van der Waals surface area contributed by atoms with Crippen LogP contribution in [0.4, 0.5) is 5.69 Å². The maximum atomic E-state index is 12.2. The van der Waals surface area contributed by atoms with Crippen LogP contribution in [0.25, 0.3) is 0 Å². The Morgan fingerprint density at radius 1 is 1.29 bits per heavy atom. The number of nitro benzene ring substituents is 1. The Balaban J connectivity index is 2.00. The van der Waals surface area contributed by atoms with Crippen LogP contribution in [0.15, 0.2) is 24.3 Å². The average molecular weight is 291 g/mol. The fraction of sp³-hybridized carbons (Fsp3) is 0.429. The molecule has 0 saturated carbocycles. The number of rotatable bonds is 4. The second-order valence-corrected chi connectivity index (χ2v) is 5.11. The van der Waals surface area contributed by atoms with Crippen molar-refractivity contribution < 1.29 is 14.5 Å². The largest absolute Gasteiger partial charge is 0.345 e. The summed E-state index contributed by atoms with van der Waals surface area (Å²) < 4.78 is 0. The summed E-state index contributed by atoms with van der Waals surface area (Å²) in [6.07, 6.45) is 0.829. The Hall–Kier alpha value is -2.28. The van der Waals surface area contributed by atoms with Crippen LogP contribution in [-0.2, 0) is 4.79 Å². The van der Waals surface area contributed by atoms with Gasteiger partial charge < -0.3 is 4.90 Å². The van der Waals surface area contributed by atoms with Gasteiger partial charge in [0, 0.05) is 37.8 Å².